The second-order valence-electron chi connectivity index (χ2n) is 7.16. The number of amides is 1. The molecule has 0 fully saturated rings. The highest BCUT2D eigenvalue weighted by Crippen LogP contribution is 2.32. The number of hydrogen-bond acceptors (Lipinski definition) is 5. The van der Waals surface area contributed by atoms with Crippen LogP contribution in [0.25, 0.3) is 0 Å². The van der Waals surface area contributed by atoms with Crippen LogP contribution in [0.5, 0.6) is 5.75 Å². The molecular formula is C22H24N2O6S. The first kappa shape index (κ1) is 22.5. The number of aliphatic carboxylic acids is 1. The minimum Gasteiger partial charge on any atom is -0.497 e. The number of fused-ring (bicyclic) bond motifs is 1. The molecule has 1 N–H and O–H groups in total. The summed E-state index contributed by atoms with van der Waals surface area (Å²) in [7, 11) is -2.71. The highest BCUT2D eigenvalue weighted by molar-refractivity contribution is 7.89. The third kappa shape index (κ3) is 4.47. The van der Waals surface area contributed by atoms with Gasteiger partial charge in [0, 0.05) is 12.2 Å². The first-order chi connectivity index (χ1) is 14.7. The Morgan fingerprint density at radius 1 is 1.16 bits per heavy atom. The Balaban J connectivity index is 2.15. The predicted octanol–water partition coefficient (Wildman–Crippen LogP) is 2.57. The minimum absolute atomic E-state index is 0.0537. The number of carboxylic acid groups (broad SMARTS) is 1. The number of aryl methyl sites for hydroxylation is 1. The number of sulfonamides is 1. The van der Waals surface area contributed by atoms with Gasteiger partial charge >= 0.3 is 5.97 Å². The third-order valence-corrected chi connectivity index (χ3v) is 6.95. The van der Waals surface area contributed by atoms with Crippen LogP contribution in [0.15, 0.2) is 59.5 Å². The fraction of sp³-hybridized carbons (Fsp3) is 0.273. The Hall–Kier alpha value is -3.17. The second-order valence-corrected chi connectivity index (χ2v) is 9.05. The molecule has 0 aromatic heterocycles. The lowest BCUT2D eigenvalue weighted by Gasteiger charge is -2.28. The summed E-state index contributed by atoms with van der Waals surface area (Å²) in [5.74, 6) is -1.27. The molecule has 1 unspecified atom stereocenters. The first-order valence-electron chi connectivity index (χ1n) is 9.61. The monoisotopic (exact) mass is 444 g/mol. The highest BCUT2D eigenvalue weighted by Gasteiger charge is 2.41. The van der Waals surface area contributed by atoms with Crippen molar-refractivity contribution < 1.29 is 27.9 Å². The molecule has 2 aromatic carbocycles. The zero-order valence-electron chi connectivity index (χ0n) is 17.5. The van der Waals surface area contributed by atoms with E-state index in [4.69, 9.17) is 4.74 Å². The second kappa shape index (κ2) is 8.91. The van der Waals surface area contributed by atoms with Crippen molar-refractivity contribution >= 4 is 27.6 Å². The fourth-order valence-electron chi connectivity index (χ4n) is 3.52. The van der Waals surface area contributed by atoms with Crippen LogP contribution >= 0.6 is 0 Å². The number of carboxylic acids is 1. The summed E-state index contributed by atoms with van der Waals surface area (Å²) in [6.07, 6.45) is 2.89. The standard InChI is InChI=1S/C22H24N2O6S/c1-4-5-21(25)23-14-20(22(26)27)24(13-16-12-15(2)6-11-19(16)23)31(28,29)18-9-7-17(30-3)8-10-18/h4-12,20H,13-14H2,1-3H3,(H,26,27)/b5-4+. The molecule has 1 amide bonds. The van der Waals surface area contributed by atoms with E-state index in [1.54, 1.807) is 31.2 Å². The van der Waals surface area contributed by atoms with E-state index in [2.05, 4.69) is 0 Å². The molecule has 0 bridgehead atoms. The third-order valence-electron chi connectivity index (χ3n) is 5.08. The molecule has 8 nitrogen and oxygen atoms in total. The normalized spacial score (nSPS) is 17.3. The molecule has 9 heteroatoms. The van der Waals surface area contributed by atoms with Gasteiger partial charge in [-0.3, -0.25) is 9.59 Å². The maximum atomic E-state index is 13.5. The Bertz CT molecular complexity index is 1130. The first-order valence-corrected chi connectivity index (χ1v) is 11.1. The van der Waals surface area contributed by atoms with Gasteiger partial charge in [0.15, 0.2) is 0 Å². The number of ether oxygens (including phenoxy) is 1. The van der Waals surface area contributed by atoms with Crippen LogP contribution in [0.3, 0.4) is 0 Å². The van der Waals surface area contributed by atoms with Gasteiger partial charge in [-0.25, -0.2) is 8.42 Å². The van der Waals surface area contributed by atoms with E-state index < -0.39 is 27.9 Å². The van der Waals surface area contributed by atoms with Gasteiger partial charge in [-0.1, -0.05) is 23.8 Å². The van der Waals surface area contributed by atoms with Crippen molar-refractivity contribution in [1.82, 2.24) is 4.31 Å². The smallest absolute Gasteiger partial charge is 0.323 e. The SMILES string of the molecule is C/C=C/C(=O)N1CC(C(=O)O)N(S(=O)(=O)c2ccc(OC)cc2)Cc2cc(C)ccc21. The van der Waals surface area contributed by atoms with Crippen LogP contribution in [-0.2, 0) is 26.2 Å². The lowest BCUT2D eigenvalue weighted by Crippen LogP contribution is -2.50. The maximum Gasteiger partial charge on any atom is 0.323 e. The molecule has 31 heavy (non-hydrogen) atoms. The van der Waals surface area contributed by atoms with E-state index in [1.807, 2.05) is 6.92 Å². The van der Waals surface area contributed by atoms with Crippen molar-refractivity contribution in [1.29, 1.82) is 0 Å². The van der Waals surface area contributed by atoms with Crippen LogP contribution < -0.4 is 9.64 Å². The number of carbonyl (C=O) groups is 2. The topological polar surface area (TPSA) is 104 Å². The molecule has 0 saturated heterocycles. The van der Waals surface area contributed by atoms with E-state index in [-0.39, 0.29) is 18.0 Å². The van der Waals surface area contributed by atoms with Crippen molar-refractivity contribution in [2.75, 3.05) is 18.6 Å². The van der Waals surface area contributed by atoms with Crippen molar-refractivity contribution in [3.63, 3.8) is 0 Å². The lowest BCUT2D eigenvalue weighted by molar-refractivity contribution is -0.141. The minimum atomic E-state index is -4.18. The molecule has 1 atom stereocenters. The molecule has 1 aliphatic heterocycles. The summed E-state index contributed by atoms with van der Waals surface area (Å²) < 4.78 is 32.9. The molecule has 164 valence electrons. The number of allylic oxidation sites excluding steroid dienone is 1. The molecule has 0 saturated carbocycles. The van der Waals surface area contributed by atoms with Crippen LogP contribution in [0.4, 0.5) is 5.69 Å². The molecule has 0 aliphatic carbocycles. The summed E-state index contributed by atoms with van der Waals surface area (Å²) in [5.41, 5.74) is 1.92. The Morgan fingerprint density at radius 3 is 2.42 bits per heavy atom. The fourth-order valence-corrected chi connectivity index (χ4v) is 5.07. The van der Waals surface area contributed by atoms with E-state index in [0.29, 0.717) is 17.0 Å². The van der Waals surface area contributed by atoms with Gasteiger partial charge in [-0.2, -0.15) is 4.31 Å². The number of methoxy groups -OCH3 is 1. The largest absolute Gasteiger partial charge is 0.497 e. The van der Waals surface area contributed by atoms with E-state index in [1.165, 1.54) is 42.4 Å². The maximum absolute atomic E-state index is 13.5. The van der Waals surface area contributed by atoms with Gasteiger partial charge in [-0.15, -0.1) is 0 Å². The summed E-state index contributed by atoms with van der Waals surface area (Å²) in [4.78, 5) is 26.1. The number of carbonyl (C=O) groups excluding carboxylic acids is 1. The molecule has 0 radical (unpaired) electrons. The quantitative estimate of drug-likeness (QED) is 0.711. The zero-order valence-corrected chi connectivity index (χ0v) is 18.3. The van der Waals surface area contributed by atoms with Gasteiger partial charge in [-0.05, 0) is 55.8 Å². The van der Waals surface area contributed by atoms with E-state index in [9.17, 15) is 23.1 Å². The highest BCUT2D eigenvalue weighted by atomic mass is 32.2. The number of hydrogen-bond donors (Lipinski definition) is 1. The molecule has 3 rings (SSSR count). The summed E-state index contributed by atoms with van der Waals surface area (Å²) in [6.45, 7) is 3.03. The predicted molar refractivity (Wildman–Crippen MR) is 115 cm³/mol. The van der Waals surface area contributed by atoms with Crippen LogP contribution in [0.1, 0.15) is 18.1 Å². The summed E-state index contributed by atoms with van der Waals surface area (Å²) in [5, 5.41) is 9.91. The van der Waals surface area contributed by atoms with Crippen molar-refractivity contribution in [3.8, 4) is 5.75 Å². The van der Waals surface area contributed by atoms with Gasteiger partial charge in [0.1, 0.15) is 11.8 Å². The summed E-state index contributed by atoms with van der Waals surface area (Å²) >= 11 is 0. The Morgan fingerprint density at radius 2 is 1.84 bits per heavy atom. The van der Waals surface area contributed by atoms with Crippen LogP contribution in [-0.4, -0.2) is 49.4 Å². The Labute approximate surface area is 181 Å². The van der Waals surface area contributed by atoms with Gasteiger partial charge in [0.25, 0.3) is 5.91 Å². The van der Waals surface area contributed by atoms with E-state index >= 15 is 0 Å². The van der Waals surface area contributed by atoms with Crippen molar-refractivity contribution in [3.05, 3.63) is 65.7 Å². The summed E-state index contributed by atoms with van der Waals surface area (Å²) in [6, 6.07) is 9.57. The van der Waals surface area contributed by atoms with Crippen LogP contribution in [0.2, 0.25) is 0 Å². The van der Waals surface area contributed by atoms with Crippen molar-refractivity contribution in [2.24, 2.45) is 0 Å². The molecular weight excluding hydrogens is 420 g/mol. The van der Waals surface area contributed by atoms with Gasteiger partial charge in [0.05, 0.1) is 18.6 Å². The average Bonchev–Trinajstić information content (AvgIpc) is 2.91. The zero-order chi connectivity index (χ0) is 22.8. The number of anilines is 1. The van der Waals surface area contributed by atoms with Gasteiger partial charge < -0.3 is 14.7 Å². The number of benzene rings is 2. The van der Waals surface area contributed by atoms with Crippen LogP contribution in [0, 0.1) is 6.92 Å². The molecule has 0 spiro atoms. The Kier molecular flexibility index (Phi) is 6.47. The van der Waals surface area contributed by atoms with E-state index in [0.717, 1.165) is 9.87 Å². The van der Waals surface area contributed by atoms with Gasteiger partial charge in [0.2, 0.25) is 10.0 Å². The molecule has 1 aliphatic rings. The number of nitrogens with zero attached hydrogens (tertiary/aromatic N) is 2. The average molecular weight is 445 g/mol. The number of rotatable bonds is 5. The lowest BCUT2D eigenvalue weighted by atomic mass is 10.1. The molecule has 2 aromatic rings. The molecule has 1 heterocycles. The van der Waals surface area contributed by atoms with Crippen molar-refractivity contribution in [2.45, 2.75) is 31.3 Å².